The van der Waals surface area contributed by atoms with E-state index in [0.717, 1.165) is 50.2 Å². The SMILES string of the molecule is CCN1CCN(Cc2ccc(CNC(=NC)NCc3nnc4ccccn34)cc2)CC1. The van der Waals surface area contributed by atoms with E-state index in [4.69, 9.17) is 0 Å². The minimum Gasteiger partial charge on any atom is -0.352 e. The number of aromatic nitrogens is 3. The third-order valence-electron chi connectivity index (χ3n) is 5.82. The van der Waals surface area contributed by atoms with E-state index in [2.05, 4.69) is 66.8 Å². The number of benzene rings is 1. The number of guanidine groups is 1. The van der Waals surface area contributed by atoms with Crippen molar-refractivity contribution in [3.63, 3.8) is 0 Å². The smallest absolute Gasteiger partial charge is 0.191 e. The van der Waals surface area contributed by atoms with Crippen molar-refractivity contribution in [2.45, 2.75) is 26.6 Å². The Bertz CT molecular complexity index is 986. The second kappa shape index (κ2) is 10.4. The molecular weight excluding hydrogens is 388 g/mol. The Morgan fingerprint density at radius 3 is 2.35 bits per heavy atom. The molecule has 1 saturated heterocycles. The van der Waals surface area contributed by atoms with E-state index in [0.29, 0.717) is 6.54 Å². The molecular formula is C23H32N8. The number of hydrogen-bond acceptors (Lipinski definition) is 5. The summed E-state index contributed by atoms with van der Waals surface area (Å²) in [6, 6.07) is 14.7. The van der Waals surface area contributed by atoms with Crippen molar-refractivity contribution < 1.29 is 0 Å². The average molecular weight is 421 g/mol. The lowest BCUT2D eigenvalue weighted by Crippen LogP contribution is -2.45. The molecule has 8 nitrogen and oxygen atoms in total. The maximum absolute atomic E-state index is 4.32. The molecule has 1 fully saturated rings. The summed E-state index contributed by atoms with van der Waals surface area (Å²) < 4.78 is 1.97. The third kappa shape index (κ3) is 5.59. The maximum Gasteiger partial charge on any atom is 0.191 e. The van der Waals surface area contributed by atoms with Crippen LogP contribution in [0, 0.1) is 0 Å². The van der Waals surface area contributed by atoms with Crippen LogP contribution in [0.3, 0.4) is 0 Å². The molecule has 2 aromatic heterocycles. The summed E-state index contributed by atoms with van der Waals surface area (Å²) in [5, 5.41) is 15.1. The molecule has 0 atom stereocenters. The number of hydrogen-bond donors (Lipinski definition) is 2. The first-order valence-corrected chi connectivity index (χ1v) is 11.0. The molecule has 8 heteroatoms. The van der Waals surface area contributed by atoms with Gasteiger partial charge in [-0.3, -0.25) is 14.3 Å². The Morgan fingerprint density at radius 1 is 0.903 bits per heavy atom. The molecule has 0 bridgehead atoms. The van der Waals surface area contributed by atoms with Gasteiger partial charge in [-0.25, -0.2) is 0 Å². The molecule has 0 radical (unpaired) electrons. The zero-order valence-electron chi connectivity index (χ0n) is 18.5. The summed E-state index contributed by atoms with van der Waals surface area (Å²) in [6.45, 7) is 10.4. The Morgan fingerprint density at radius 2 is 1.61 bits per heavy atom. The molecule has 4 rings (SSSR count). The van der Waals surface area contributed by atoms with Gasteiger partial charge in [-0.1, -0.05) is 37.3 Å². The van der Waals surface area contributed by atoms with Gasteiger partial charge in [-0.2, -0.15) is 0 Å². The standard InChI is InChI=1S/C23H32N8/c1-3-29-12-14-30(15-13-29)18-20-9-7-19(8-10-20)16-25-23(24-2)26-17-22-28-27-21-6-4-5-11-31(21)22/h4-11H,3,12-18H2,1-2H3,(H2,24,25,26). The van der Waals surface area contributed by atoms with Gasteiger partial charge in [-0.05, 0) is 29.8 Å². The maximum atomic E-state index is 4.32. The van der Waals surface area contributed by atoms with Gasteiger partial charge in [0.15, 0.2) is 17.4 Å². The summed E-state index contributed by atoms with van der Waals surface area (Å²) in [5.41, 5.74) is 3.44. The number of piperazine rings is 1. The molecule has 2 N–H and O–H groups in total. The van der Waals surface area contributed by atoms with E-state index in [9.17, 15) is 0 Å². The molecule has 164 valence electrons. The van der Waals surface area contributed by atoms with Crippen LogP contribution < -0.4 is 10.6 Å². The fourth-order valence-electron chi connectivity index (χ4n) is 3.87. The van der Waals surface area contributed by atoms with Crippen molar-refractivity contribution in [3.8, 4) is 0 Å². The van der Waals surface area contributed by atoms with Crippen molar-refractivity contribution in [2.24, 2.45) is 4.99 Å². The molecule has 0 saturated carbocycles. The summed E-state index contributed by atoms with van der Waals surface area (Å²) in [7, 11) is 1.78. The number of rotatable bonds is 7. The summed E-state index contributed by atoms with van der Waals surface area (Å²) in [6.07, 6.45) is 1.97. The van der Waals surface area contributed by atoms with Crippen molar-refractivity contribution in [1.82, 2.24) is 35.0 Å². The number of pyridine rings is 1. The van der Waals surface area contributed by atoms with Crippen molar-refractivity contribution in [2.75, 3.05) is 39.8 Å². The molecule has 0 aliphatic carbocycles. The fourth-order valence-corrected chi connectivity index (χ4v) is 3.87. The predicted molar refractivity (Wildman–Crippen MR) is 124 cm³/mol. The van der Waals surface area contributed by atoms with Gasteiger partial charge in [0.1, 0.15) is 0 Å². The van der Waals surface area contributed by atoms with E-state index in [1.807, 2.05) is 28.8 Å². The van der Waals surface area contributed by atoms with Crippen LogP contribution in [0.25, 0.3) is 5.65 Å². The first-order chi connectivity index (χ1) is 15.2. The average Bonchev–Trinajstić information content (AvgIpc) is 3.24. The topological polar surface area (TPSA) is 73.1 Å². The van der Waals surface area contributed by atoms with Crippen molar-refractivity contribution in [3.05, 3.63) is 65.6 Å². The van der Waals surface area contributed by atoms with Crippen LogP contribution in [0.4, 0.5) is 0 Å². The predicted octanol–water partition coefficient (Wildman–Crippen LogP) is 1.73. The molecule has 3 aromatic rings. The van der Waals surface area contributed by atoms with Crippen LogP contribution in [0.2, 0.25) is 0 Å². The second-order valence-corrected chi connectivity index (χ2v) is 7.85. The Labute approximate surface area is 184 Å². The zero-order valence-corrected chi connectivity index (χ0v) is 18.5. The van der Waals surface area contributed by atoms with Gasteiger partial charge in [0.25, 0.3) is 0 Å². The lowest BCUT2D eigenvalue weighted by molar-refractivity contribution is 0.132. The Balaban J connectivity index is 1.24. The van der Waals surface area contributed by atoms with Gasteiger partial charge in [0, 0.05) is 52.5 Å². The minimum atomic E-state index is 0.551. The molecule has 31 heavy (non-hydrogen) atoms. The van der Waals surface area contributed by atoms with Crippen LogP contribution >= 0.6 is 0 Å². The monoisotopic (exact) mass is 420 g/mol. The van der Waals surface area contributed by atoms with E-state index in [-0.39, 0.29) is 0 Å². The highest BCUT2D eigenvalue weighted by Crippen LogP contribution is 2.10. The van der Waals surface area contributed by atoms with Gasteiger partial charge in [0.2, 0.25) is 0 Å². The van der Waals surface area contributed by atoms with Crippen LogP contribution in [-0.2, 0) is 19.6 Å². The van der Waals surface area contributed by atoms with E-state index < -0.39 is 0 Å². The normalized spacial score (nSPS) is 16.0. The van der Waals surface area contributed by atoms with Crippen LogP contribution in [0.5, 0.6) is 0 Å². The number of nitrogens with one attached hydrogen (secondary N) is 2. The minimum absolute atomic E-state index is 0.551. The summed E-state index contributed by atoms with van der Waals surface area (Å²) in [5.74, 6) is 1.59. The lowest BCUT2D eigenvalue weighted by atomic mass is 10.1. The van der Waals surface area contributed by atoms with E-state index in [1.165, 1.54) is 24.2 Å². The van der Waals surface area contributed by atoms with Crippen LogP contribution in [0.15, 0.2) is 53.7 Å². The molecule has 0 unspecified atom stereocenters. The molecule has 1 aliphatic rings. The largest absolute Gasteiger partial charge is 0.352 e. The highest BCUT2D eigenvalue weighted by Gasteiger charge is 2.15. The summed E-state index contributed by atoms with van der Waals surface area (Å²) in [4.78, 5) is 9.37. The summed E-state index contributed by atoms with van der Waals surface area (Å²) >= 11 is 0. The van der Waals surface area contributed by atoms with Gasteiger partial charge >= 0.3 is 0 Å². The fraction of sp³-hybridized carbons (Fsp3) is 0.435. The molecule has 0 amide bonds. The molecule has 3 heterocycles. The van der Waals surface area contributed by atoms with E-state index >= 15 is 0 Å². The van der Waals surface area contributed by atoms with Crippen molar-refractivity contribution >= 4 is 11.6 Å². The van der Waals surface area contributed by atoms with Gasteiger partial charge in [0.05, 0.1) is 6.54 Å². The van der Waals surface area contributed by atoms with Crippen LogP contribution in [0.1, 0.15) is 23.9 Å². The van der Waals surface area contributed by atoms with Gasteiger partial charge < -0.3 is 15.5 Å². The second-order valence-electron chi connectivity index (χ2n) is 7.85. The first kappa shape index (κ1) is 21.3. The molecule has 0 spiro atoms. The Hall–Kier alpha value is -2.97. The zero-order chi connectivity index (χ0) is 21.5. The number of fused-ring (bicyclic) bond motifs is 1. The van der Waals surface area contributed by atoms with Gasteiger partial charge in [-0.15, -0.1) is 10.2 Å². The molecule has 1 aromatic carbocycles. The van der Waals surface area contributed by atoms with Crippen LogP contribution in [-0.4, -0.2) is 70.1 Å². The first-order valence-electron chi connectivity index (χ1n) is 11.0. The number of likely N-dealkylation sites (N-methyl/N-ethyl adjacent to an activating group) is 1. The highest BCUT2D eigenvalue weighted by molar-refractivity contribution is 5.79. The number of nitrogens with zero attached hydrogens (tertiary/aromatic N) is 6. The Kier molecular flexibility index (Phi) is 7.11. The quantitative estimate of drug-likeness (QED) is 0.448. The number of aliphatic imine (C=N–C) groups is 1. The highest BCUT2D eigenvalue weighted by atomic mass is 15.3. The molecule has 1 aliphatic heterocycles. The third-order valence-corrected chi connectivity index (χ3v) is 5.82. The lowest BCUT2D eigenvalue weighted by Gasteiger charge is -2.34. The van der Waals surface area contributed by atoms with E-state index in [1.54, 1.807) is 7.05 Å². The van der Waals surface area contributed by atoms with Crippen molar-refractivity contribution in [1.29, 1.82) is 0 Å².